The fraction of sp³-hybridized carbons (Fsp3) is 0.826. The number of unbranched alkanes of at least 4 members (excludes halogenated alkanes) is 3. The number of aliphatic hydroxyl groups excluding tert-OH is 2. The molecule has 3 aliphatic rings. The number of allylic oxidation sites excluding steroid dienone is 1. The maximum atomic E-state index is 13.9. The number of fused-ring (bicyclic) bond motifs is 3. The van der Waals surface area contributed by atoms with Crippen molar-refractivity contribution in [3.63, 3.8) is 0 Å². The molecule has 0 radical (unpaired) electrons. The van der Waals surface area contributed by atoms with E-state index in [4.69, 9.17) is 20.3 Å². The number of nitrogens with two attached hydrogens (primary N) is 1. The molecule has 3 aliphatic heterocycles. The SMILES string of the molecule is CCCCCCC12CCC(/C=C\C(N)=N/1)CC(CC)(C1OC(COP(=O)(O)O)C(O)C1O)NC2=O. The number of phosphoric acid groups is 1. The average Bonchev–Trinajstić information content (AvgIpc) is 3.08. The molecule has 2 fully saturated rings. The maximum Gasteiger partial charge on any atom is 0.469 e. The smallest absolute Gasteiger partial charge is 0.388 e. The van der Waals surface area contributed by atoms with Gasteiger partial charge in [0, 0.05) is 0 Å². The summed E-state index contributed by atoms with van der Waals surface area (Å²) in [4.78, 5) is 36.6. The Hall–Kier alpha value is -1.33. The summed E-state index contributed by atoms with van der Waals surface area (Å²) in [5.74, 6) is 0.0391. The molecule has 1 amide bonds. The van der Waals surface area contributed by atoms with Crippen LogP contribution in [-0.2, 0) is 18.6 Å². The molecule has 12 heteroatoms. The molecule has 0 aliphatic carbocycles. The molecule has 35 heavy (non-hydrogen) atoms. The molecule has 11 nitrogen and oxygen atoms in total. The number of nitrogens with one attached hydrogen (secondary N) is 1. The number of hydrogen-bond acceptors (Lipinski definition) is 8. The number of aliphatic hydroxyl groups is 2. The fourth-order valence-electron chi connectivity index (χ4n) is 5.56. The van der Waals surface area contributed by atoms with Crippen molar-refractivity contribution < 1.29 is 38.6 Å². The van der Waals surface area contributed by atoms with Gasteiger partial charge in [-0.2, -0.15) is 0 Å². The van der Waals surface area contributed by atoms with Crippen molar-refractivity contribution in [2.24, 2.45) is 16.6 Å². The highest BCUT2D eigenvalue weighted by atomic mass is 31.2. The number of aliphatic imine (C=N–C) groups is 1. The molecule has 2 saturated heterocycles. The number of amides is 1. The van der Waals surface area contributed by atoms with Gasteiger partial charge in [-0.3, -0.25) is 14.3 Å². The van der Waals surface area contributed by atoms with Gasteiger partial charge in [0.1, 0.15) is 35.8 Å². The molecule has 3 rings (SSSR count). The van der Waals surface area contributed by atoms with Crippen LogP contribution < -0.4 is 11.1 Å². The average molecular weight is 518 g/mol. The number of hydrogen-bond donors (Lipinski definition) is 6. The van der Waals surface area contributed by atoms with Crippen molar-refractivity contribution in [2.45, 2.75) is 107 Å². The molecule has 2 bridgehead atoms. The molecule has 3 heterocycles. The Morgan fingerprint density at radius 1 is 1.26 bits per heavy atom. The number of carbonyl (C=O) groups excluding carboxylic acids is 1. The lowest BCUT2D eigenvalue weighted by atomic mass is 9.72. The minimum Gasteiger partial charge on any atom is -0.388 e. The minimum absolute atomic E-state index is 0.0120. The van der Waals surface area contributed by atoms with Crippen LogP contribution in [0.5, 0.6) is 0 Å². The first-order chi connectivity index (χ1) is 16.5. The zero-order chi connectivity index (χ0) is 25.9. The standard InChI is InChI=1S/C23H40N3O8P/c1-3-5-6-7-11-23-12-10-15(8-9-17(24)25-23)13-22(4-2,26-21(23)29)20-19(28)18(27)16(34-20)14-33-35(30,31)32/h8-9,15-16,18-20,27-28H,3-7,10-14H2,1-2H3,(H2,24,25)(H,26,29)(H2,30,31,32)/b9-8-. The number of nitrogens with zero attached hydrogens (tertiary/aromatic N) is 1. The summed E-state index contributed by atoms with van der Waals surface area (Å²) in [6, 6.07) is 0. The molecule has 200 valence electrons. The van der Waals surface area contributed by atoms with Gasteiger partial charge < -0.3 is 35.8 Å². The normalized spacial score (nSPS) is 40.2. The molecule has 0 aromatic heterocycles. The van der Waals surface area contributed by atoms with Crippen molar-refractivity contribution >= 4 is 19.6 Å². The molecular weight excluding hydrogens is 477 g/mol. The zero-order valence-corrected chi connectivity index (χ0v) is 21.4. The predicted molar refractivity (Wildman–Crippen MR) is 129 cm³/mol. The first-order valence-corrected chi connectivity index (χ1v) is 14.1. The molecule has 0 aromatic carbocycles. The Balaban J connectivity index is 1.91. The second kappa shape index (κ2) is 11.4. The van der Waals surface area contributed by atoms with E-state index >= 15 is 0 Å². The van der Waals surface area contributed by atoms with Gasteiger partial charge in [0.15, 0.2) is 0 Å². The Kier molecular flexibility index (Phi) is 9.18. The van der Waals surface area contributed by atoms with E-state index in [0.29, 0.717) is 37.9 Å². The third-order valence-electron chi connectivity index (χ3n) is 7.61. The molecule has 0 spiro atoms. The monoisotopic (exact) mass is 517 g/mol. The van der Waals surface area contributed by atoms with Crippen molar-refractivity contribution in [1.82, 2.24) is 5.32 Å². The highest BCUT2D eigenvalue weighted by Crippen LogP contribution is 2.43. The number of carbonyl (C=O) groups is 1. The first kappa shape index (κ1) is 28.2. The molecule has 7 N–H and O–H groups in total. The van der Waals surface area contributed by atoms with Gasteiger partial charge >= 0.3 is 7.82 Å². The van der Waals surface area contributed by atoms with Crippen LogP contribution in [0.4, 0.5) is 0 Å². The lowest BCUT2D eigenvalue weighted by Gasteiger charge is -2.46. The third kappa shape index (κ3) is 6.52. The van der Waals surface area contributed by atoms with Crippen LogP contribution in [0.2, 0.25) is 0 Å². The van der Waals surface area contributed by atoms with Gasteiger partial charge in [-0.15, -0.1) is 0 Å². The van der Waals surface area contributed by atoms with Crippen LogP contribution in [0.15, 0.2) is 17.1 Å². The van der Waals surface area contributed by atoms with E-state index in [1.165, 1.54) is 0 Å². The van der Waals surface area contributed by atoms with E-state index in [1.54, 1.807) is 6.08 Å². The molecule has 7 unspecified atom stereocenters. The third-order valence-corrected chi connectivity index (χ3v) is 8.10. The van der Waals surface area contributed by atoms with Gasteiger partial charge in [0.2, 0.25) is 5.91 Å². The largest absolute Gasteiger partial charge is 0.469 e. The van der Waals surface area contributed by atoms with Gasteiger partial charge in [-0.05, 0) is 44.1 Å². The number of ether oxygens (including phenoxy) is 1. The highest BCUT2D eigenvalue weighted by molar-refractivity contribution is 7.46. The zero-order valence-electron chi connectivity index (χ0n) is 20.5. The van der Waals surface area contributed by atoms with Gasteiger partial charge in [0.25, 0.3) is 0 Å². The van der Waals surface area contributed by atoms with E-state index in [2.05, 4.69) is 21.8 Å². The van der Waals surface area contributed by atoms with Crippen LogP contribution >= 0.6 is 7.82 Å². The molecule has 0 saturated carbocycles. The summed E-state index contributed by atoms with van der Waals surface area (Å²) in [6.07, 6.45) is 5.29. The van der Waals surface area contributed by atoms with Crippen LogP contribution in [0.1, 0.15) is 71.6 Å². The molecular formula is C23H40N3O8P. The van der Waals surface area contributed by atoms with Gasteiger partial charge in [0.05, 0.1) is 12.1 Å². The van der Waals surface area contributed by atoms with Crippen LogP contribution in [0, 0.1) is 5.92 Å². The topological polar surface area (TPSA) is 184 Å². The van der Waals surface area contributed by atoms with Crippen LogP contribution in [0.25, 0.3) is 0 Å². The Bertz CT molecular complexity index is 864. The van der Waals surface area contributed by atoms with Crippen LogP contribution in [-0.4, -0.2) is 73.8 Å². The number of amidine groups is 1. The van der Waals surface area contributed by atoms with Gasteiger partial charge in [-0.1, -0.05) is 45.6 Å². The van der Waals surface area contributed by atoms with Crippen molar-refractivity contribution in [3.8, 4) is 0 Å². The summed E-state index contributed by atoms with van der Waals surface area (Å²) in [6.45, 7) is 3.40. The lowest BCUT2D eigenvalue weighted by Crippen LogP contribution is -2.65. The van der Waals surface area contributed by atoms with Crippen molar-refractivity contribution in [1.29, 1.82) is 0 Å². The number of phosphoric ester groups is 1. The summed E-state index contributed by atoms with van der Waals surface area (Å²) < 4.78 is 21.6. The predicted octanol–water partition coefficient (Wildman–Crippen LogP) is 1.29. The summed E-state index contributed by atoms with van der Waals surface area (Å²) in [5.41, 5.74) is 4.07. The Morgan fingerprint density at radius 2 is 2.00 bits per heavy atom. The Labute approximate surface area is 206 Å². The Morgan fingerprint density at radius 3 is 2.66 bits per heavy atom. The van der Waals surface area contributed by atoms with Gasteiger partial charge in [-0.25, -0.2) is 4.57 Å². The van der Waals surface area contributed by atoms with E-state index in [0.717, 1.165) is 25.7 Å². The highest BCUT2D eigenvalue weighted by Gasteiger charge is 2.56. The maximum absolute atomic E-state index is 13.9. The number of rotatable bonds is 10. The van der Waals surface area contributed by atoms with Crippen molar-refractivity contribution in [3.05, 3.63) is 12.2 Å². The van der Waals surface area contributed by atoms with E-state index in [-0.39, 0.29) is 11.8 Å². The van der Waals surface area contributed by atoms with Crippen molar-refractivity contribution in [2.75, 3.05) is 6.61 Å². The second-order valence-corrected chi connectivity index (χ2v) is 11.3. The summed E-state index contributed by atoms with van der Waals surface area (Å²) in [7, 11) is -4.79. The fourth-order valence-corrected chi connectivity index (χ4v) is 5.91. The minimum atomic E-state index is -4.79. The lowest BCUT2D eigenvalue weighted by molar-refractivity contribution is -0.135. The van der Waals surface area contributed by atoms with Crippen LogP contribution in [0.3, 0.4) is 0 Å². The summed E-state index contributed by atoms with van der Waals surface area (Å²) in [5, 5.41) is 24.6. The quantitative estimate of drug-likeness (QED) is 0.184. The van der Waals surface area contributed by atoms with E-state index in [1.807, 2.05) is 13.0 Å². The van der Waals surface area contributed by atoms with E-state index in [9.17, 15) is 19.6 Å². The first-order valence-electron chi connectivity index (χ1n) is 12.5. The summed E-state index contributed by atoms with van der Waals surface area (Å²) >= 11 is 0. The van der Waals surface area contributed by atoms with E-state index < -0.39 is 49.9 Å². The molecule has 7 atom stereocenters. The molecule has 0 aromatic rings. The second-order valence-electron chi connectivity index (χ2n) is 10.1.